The third-order valence-electron chi connectivity index (χ3n) is 9.50. The molecule has 51 heavy (non-hydrogen) atoms. The van der Waals surface area contributed by atoms with Crippen molar-refractivity contribution in [2.45, 2.75) is 56.2 Å². The van der Waals surface area contributed by atoms with Crippen LogP contribution in [0.15, 0.2) is 91.0 Å². The summed E-state index contributed by atoms with van der Waals surface area (Å²) in [4.78, 5) is 60.1. The van der Waals surface area contributed by atoms with Crippen molar-refractivity contribution >= 4 is 29.9 Å². The van der Waals surface area contributed by atoms with Crippen LogP contribution in [0.1, 0.15) is 47.6 Å². The zero-order valence-electron chi connectivity index (χ0n) is 27.9. The molecule has 13 heteroatoms. The van der Waals surface area contributed by atoms with E-state index in [9.17, 15) is 32.3 Å². The number of cyclic esters (lactones) is 1. The molecule has 0 saturated carbocycles. The monoisotopic (exact) mass is 703 g/mol. The highest BCUT2D eigenvalue weighted by atomic mass is 19.4. The standard InChI is InChI=1S/C38H40F3N5O5/c39-38(40,41)29-16-10-13-27(23-29)24-43-35(48)33(34(47)42-19-22-44-20-8-3-9-21-44)45-30(18-17-26-11-4-1-5-12-26)32(36(45)49)46-31(25-51-37(46)50)28-14-6-2-7-15-28/h1-2,4-7,10-18,23,30-33H,3,8-9,19-22,24-25H2,(H,42,47)(H,43,48)/b18-17+/t30-,31+,32+,33?/m1/s1. The van der Waals surface area contributed by atoms with Crippen molar-refractivity contribution in [3.05, 3.63) is 113 Å². The van der Waals surface area contributed by atoms with Gasteiger partial charge >= 0.3 is 12.3 Å². The van der Waals surface area contributed by atoms with Crippen molar-refractivity contribution in [1.82, 2.24) is 25.3 Å². The number of hydrogen-bond donors (Lipinski definition) is 2. The highest BCUT2D eigenvalue weighted by molar-refractivity contribution is 6.09. The van der Waals surface area contributed by atoms with Crippen LogP contribution in [-0.4, -0.2) is 89.4 Å². The number of amides is 4. The first-order chi connectivity index (χ1) is 24.6. The van der Waals surface area contributed by atoms with Crippen molar-refractivity contribution in [3.63, 3.8) is 0 Å². The van der Waals surface area contributed by atoms with Gasteiger partial charge in [0, 0.05) is 19.6 Å². The molecule has 3 saturated heterocycles. The zero-order chi connectivity index (χ0) is 36.0. The minimum atomic E-state index is -4.58. The second-order valence-electron chi connectivity index (χ2n) is 12.9. The molecule has 4 atom stereocenters. The van der Waals surface area contributed by atoms with Crippen molar-refractivity contribution in [3.8, 4) is 0 Å². The van der Waals surface area contributed by atoms with Gasteiger partial charge in [-0.25, -0.2) is 4.79 Å². The summed E-state index contributed by atoms with van der Waals surface area (Å²) >= 11 is 0. The van der Waals surface area contributed by atoms with E-state index in [-0.39, 0.29) is 25.3 Å². The van der Waals surface area contributed by atoms with Crippen molar-refractivity contribution in [1.29, 1.82) is 0 Å². The molecule has 0 spiro atoms. The number of likely N-dealkylation sites (tertiary alicyclic amines) is 2. The summed E-state index contributed by atoms with van der Waals surface area (Å²) < 4.78 is 45.6. The van der Waals surface area contributed by atoms with Gasteiger partial charge in [-0.2, -0.15) is 13.2 Å². The Bertz CT molecular complexity index is 1730. The van der Waals surface area contributed by atoms with E-state index in [1.807, 2.05) is 60.7 Å². The molecule has 2 N–H and O–H groups in total. The molecule has 0 aromatic heterocycles. The summed E-state index contributed by atoms with van der Waals surface area (Å²) in [6.45, 7) is 2.26. The van der Waals surface area contributed by atoms with Crippen LogP contribution in [0.3, 0.4) is 0 Å². The number of nitrogens with zero attached hydrogens (tertiary/aromatic N) is 3. The minimum absolute atomic E-state index is 0.0135. The number of halogens is 3. The number of piperidine rings is 1. The summed E-state index contributed by atoms with van der Waals surface area (Å²) in [7, 11) is 0. The predicted octanol–water partition coefficient (Wildman–Crippen LogP) is 4.78. The van der Waals surface area contributed by atoms with Gasteiger partial charge in [0.15, 0.2) is 6.04 Å². The molecule has 268 valence electrons. The Hall–Kier alpha value is -5.17. The molecule has 1 unspecified atom stereocenters. The molecule has 3 heterocycles. The van der Waals surface area contributed by atoms with E-state index in [2.05, 4.69) is 15.5 Å². The lowest BCUT2D eigenvalue weighted by Crippen LogP contribution is -2.76. The van der Waals surface area contributed by atoms with Crippen molar-refractivity contribution in [2.24, 2.45) is 0 Å². The zero-order valence-corrected chi connectivity index (χ0v) is 27.9. The Morgan fingerprint density at radius 3 is 2.27 bits per heavy atom. The number of carbonyl (C=O) groups is 4. The lowest BCUT2D eigenvalue weighted by molar-refractivity contribution is -0.166. The lowest BCUT2D eigenvalue weighted by atomic mass is 9.88. The number of β-lactam (4-membered cyclic amide) rings is 1. The second kappa shape index (κ2) is 15.8. The average Bonchev–Trinajstić information content (AvgIpc) is 3.51. The third kappa shape index (κ3) is 8.25. The van der Waals surface area contributed by atoms with Crippen LogP contribution >= 0.6 is 0 Å². The number of nitrogens with one attached hydrogen (secondary N) is 2. The van der Waals surface area contributed by atoms with Crippen LogP contribution in [0.5, 0.6) is 0 Å². The molecule has 6 rings (SSSR count). The van der Waals surface area contributed by atoms with E-state index >= 15 is 0 Å². The van der Waals surface area contributed by atoms with Gasteiger partial charge in [-0.3, -0.25) is 19.3 Å². The highest BCUT2D eigenvalue weighted by Gasteiger charge is 2.59. The SMILES string of the molecule is O=C(NCCN1CCCCC1)C(C(=O)NCc1cccc(C(F)(F)F)c1)N1C(=O)[C@@H](N2C(=O)OC[C@H]2c2ccccc2)[C@H]1/C=C/c1ccccc1. The van der Waals surface area contributed by atoms with Gasteiger partial charge in [0.05, 0.1) is 17.6 Å². The van der Waals surface area contributed by atoms with E-state index in [0.717, 1.165) is 60.5 Å². The number of ether oxygens (including phenoxy) is 1. The average molecular weight is 704 g/mol. The van der Waals surface area contributed by atoms with Gasteiger partial charge in [0.2, 0.25) is 5.91 Å². The quantitative estimate of drug-likeness (QED) is 0.208. The normalized spacial score (nSPS) is 21.7. The molecule has 0 aliphatic carbocycles. The molecule has 3 fully saturated rings. The van der Waals surface area contributed by atoms with E-state index in [1.165, 1.54) is 17.0 Å². The van der Waals surface area contributed by atoms with E-state index in [4.69, 9.17) is 4.74 Å². The van der Waals surface area contributed by atoms with E-state index < -0.39 is 59.7 Å². The molecule has 4 amide bonds. The Morgan fingerprint density at radius 1 is 0.882 bits per heavy atom. The summed E-state index contributed by atoms with van der Waals surface area (Å²) in [5.41, 5.74) is 0.835. The van der Waals surface area contributed by atoms with E-state index in [0.29, 0.717) is 6.54 Å². The maximum absolute atomic E-state index is 14.2. The molecule has 3 aliphatic heterocycles. The van der Waals surface area contributed by atoms with Gasteiger partial charge in [-0.05, 0) is 54.8 Å². The van der Waals surface area contributed by atoms with Gasteiger partial charge in [-0.1, -0.05) is 91.4 Å². The Labute approximate surface area is 294 Å². The van der Waals surface area contributed by atoms with Crippen LogP contribution in [0.4, 0.5) is 18.0 Å². The first kappa shape index (κ1) is 35.6. The first-order valence-electron chi connectivity index (χ1n) is 17.1. The molecule has 3 aliphatic rings. The third-order valence-corrected chi connectivity index (χ3v) is 9.50. The molecule has 0 radical (unpaired) electrons. The number of rotatable bonds is 12. The highest BCUT2D eigenvalue weighted by Crippen LogP contribution is 2.38. The molecule has 3 aromatic rings. The van der Waals surface area contributed by atoms with Gasteiger partial charge in [0.1, 0.15) is 12.6 Å². The van der Waals surface area contributed by atoms with Crippen LogP contribution in [0.2, 0.25) is 0 Å². The molecular weight excluding hydrogens is 663 g/mol. The van der Waals surface area contributed by atoms with Crippen LogP contribution < -0.4 is 10.6 Å². The fourth-order valence-corrected chi connectivity index (χ4v) is 6.87. The predicted molar refractivity (Wildman–Crippen MR) is 183 cm³/mol. The Kier molecular flexibility index (Phi) is 11.0. The Morgan fingerprint density at radius 2 is 1.57 bits per heavy atom. The second-order valence-corrected chi connectivity index (χ2v) is 12.9. The molecule has 3 aromatic carbocycles. The number of alkyl halides is 3. The lowest BCUT2D eigenvalue weighted by Gasteiger charge is -2.51. The number of benzene rings is 3. The van der Waals surface area contributed by atoms with Gasteiger partial charge in [-0.15, -0.1) is 0 Å². The fraction of sp³-hybridized carbons (Fsp3) is 0.368. The molecule has 0 bridgehead atoms. The van der Waals surface area contributed by atoms with Crippen molar-refractivity contribution in [2.75, 3.05) is 32.8 Å². The van der Waals surface area contributed by atoms with Crippen molar-refractivity contribution < 1.29 is 37.1 Å². The van der Waals surface area contributed by atoms with Gasteiger partial charge in [0.25, 0.3) is 11.8 Å². The molecular formula is C38H40F3N5O5. The smallest absolute Gasteiger partial charge is 0.416 e. The maximum atomic E-state index is 14.2. The summed E-state index contributed by atoms with van der Waals surface area (Å²) in [5.74, 6) is -2.23. The van der Waals surface area contributed by atoms with Crippen LogP contribution in [0.25, 0.3) is 6.08 Å². The maximum Gasteiger partial charge on any atom is 0.416 e. The molecule has 10 nitrogen and oxygen atoms in total. The topological polar surface area (TPSA) is 111 Å². The summed E-state index contributed by atoms with van der Waals surface area (Å²) in [5, 5.41) is 5.41. The van der Waals surface area contributed by atoms with Crippen LogP contribution in [-0.2, 0) is 31.8 Å². The van der Waals surface area contributed by atoms with Gasteiger partial charge < -0.3 is 25.2 Å². The van der Waals surface area contributed by atoms with E-state index in [1.54, 1.807) is 12.2 Å². The minimum Gasteiger partial charge on any atom is -0.447 e. The number of hydrogen-bond acceptors (Lipinski definition) is 6. The fourth-order valence-electron chi connectivity index (χ4n) is 6.87. The Balaban J connectivity index is 1.29. The first-order valence-corrected chi connectivity index (χ1v) is 17.1. The largest absolute Gasteiger partial charge is 0.447 e. The summed E-state index contributed by atoms with van der Waals surface area (Å²) in [6.07, 6.45) is 1.40. The van der Waals surface area contributed by atoms with Crippen LogP contribution in [0, 0.1) is 0 Å². The summed E-state index contributed by atoms with van der Waals surface area (Å²) in [6, 6.07) is 18.6. The number of carbonyl (C=O) groups excluding carboxylic acids is 4.